The molecule has 3 heterocycles. The smallest absolute Gasteiger partial charge is 0.415 e. The molecule has 2 aliphatic heterocycles. The minimum absolute atomic E-state index is 0.0257. The number of nitrogens with zero attached hydrogens (tertiary/aromatic N) is 4. The van der Waals surface area contributed by atoms with Gasteiger partial charge in [-0.1, -0.05) is 42.5 Å². The SMILES string of the molecule is Cc1c(C(=O)N(C)c2ccc(O)cc2)cn(-c2cc3c(cc2C(=O)N2Cc4ccccc4C[C@H]2C)CN(C(=O)Oc2ccccc2)CC3)c1C. The first-order valence-electron chi connectivity index (χ1n) is 16.9. The molecule has 0 fully saturated rings. The lowest BCUT2D eigenvalue weighted by atomic mass is 9.92. The van der Waals surface area contributed by atoms with Crippen molar-refractivity contribution >= 4 is 23.6 Å². The molecular formula is C41H40N4O5. The highest BCUT2D eigenvalue weighted by Gasteiger charge is 2.32. The van der Waals surface area contributed by atoms with Gasteiger partial charge in [-0.3, -0.25) is 9.59 Å². The molecule has 0 bridgehead atoms. The molecular weight excluding hydrogens is 628 g/mol. The van der Waals surface area contributed by atoms with Crippen molar-refractivity contribution in [2.24, 2.45) is 0 Å². The molecule has 0 radical (unpaired) electrons. The average molecular weight is 669 g/mol. The van der Waals surface area contributed by atoms with Crippen molar-refractivity contribution in [2.75, 3.05) is 18.5 Å². The van der Waals surface area contributed by atoms with Crippen molar-refractivity contribution in [3.05, 3.63) is 142 Å². The van der Waals surface area contributed by atoms with Crippen molar-refractivity contribution in [1.82, 2.24) is 14.4 Å². The number of phenolic OH excluding ortho intramolecular Hbond substituents is 1. The first kappa shape index (κ1) is 32.7. The van der Waals surface area contributed by atoms with E-state index in [0.717, 1.165) is 34.4 Å². The van der Waals surface area contributed by atoms with Crippen molar-refractivity contribution in [2.45, 2.75) is 52.7 Å². The van der Waals surface area contributed by atoms with Gasteiger partial charge in [0.1, 0.15) is 11.5 Å². The number of carbonyl (C=O) groups is 3. The summed E-state index contributed by atoms with van der Waals surface area (Å²) < 4.78 is 7.61. The largest absolute Gasteiger partial charge is 0.508 e. The summed E-state index contributed by atoms with van der Waals surface area (Å²) in [5, 5.41) is 9.76. The Balaban J connectivity index is 1.27. The van der Waals surface area contributed by atoms with Crippen molar-refractivity contribution in [3.8, 4) is 17.2 Å². The minimum atomic E-state index is -0.433. The van der Waals surface area contributed by atoms with E-state index in [2.05, 4.69) is 25.1 Å². The second kappa shape index (κ2) is 13.2. The second-order valence-corrected chi connectivity index (χ2v) is 13.2. The predicted molar refractivity (Wildman–Crippen MR) is 192 cm³/mol. The van der Waals surface area contributed by atoms with E-state index in [9.17, 15) is 19.5 Å². The number of carbonyl (C=O) groups excluding carboxylic acids is 3. The third-order valence-electron chi connectivity index (χ3n) is 10.1. The summed E-state index contributed by atoms with van der Waals surface area (Å²) in [6.07, 6.45) is 2.73. The number of para-hydroxylation sites is 1. The Bertz CT molecular complexity index is 2100. The molecule has 1 N–H and O–H groups in total. The van der Waals surface area contributed by atoms with Gasteiger partial charge in [-0.25, -0.2) is 4.79 Å². The van der Waals surface area contributed by atoms with Crippen molar-refractivity contribution < 1.29 is 24.2 Å². The molecule has 1 atom stereocenters. The summed E-state index contributed by atoms with van der Waals surface area (Å²) in [5.41, 5.74) is 8.35. The number of phenols is 1. The molecule has 1 aromatic heterocycles. The summed E-state index contributed by atoms with van der Waals surface area (Å²) in [5.74, 6) is 0.303. The molecule has 3 amide bonds. The van der Waals surface area contributed by atoms with Crippen LogP contribution in [0.25, 0.3) is 5.69 Å². The molecule has 7 rings (SSSR count). The standard InChI is InChI=1S/C41H40N4O5/c1-26-20-29-10-8-9-11-31(29)24-44(26)40(48)36-21-32-23-43(41(49)50-35-12-6-5-7-13-35)19-18-30(32)22-38(36)45-25-37(27(2)28(45)3)39(47)42(4)33-14-16-34(46)17-15-33/h5-17,21-22,25-26,46H,18-20,23-24H2,1-4H3/t26-/m1/s1. The van der Waals surface area contributed by atoms with Crippen LogP contribution >= 0.6 is 0 Å². The van der Waals surface area contributed by atoms with Gasteiger partial charge in [0, 0.05) is 50.3 Å². The number of ether oxygens (including phenoxy) is 1. The topological polar surface area (TPSA) is 95.3 Å². The fraction of sp³-hybridized carbons (Fsp3) is 0.244. The zero-order chi connectivity index (χ0) is 35.1. The second-order valence-electron chi connectivity index (χ2n) is 13.2. The molecule has 0 aliphatic carbocycles. The maximum absolute atomic E-state index is 14.7. The Morgan fingerprint density at radius 1 is 0.820 bits per heavy atom. The number of fused-ring (bicyclic) bond motifs is 2. The normalized spacial score (nSPS) is 15.2. The summed E-state index contributed by atoms with van der Waals surface area (Å²) in [7, 11) is 1.71. The maximum atomic E-state index is 14.7. The highest BCUT2D eigenvalue weighted by Crippen LogP contribution is 2.33. The minimum Gasteiger partial charge on any atom is -0.508 e. The van der Waals surface area contributed by atoms with Gasteiger partial charge in [0.25, 0.3) is 11.8 Å². The molecule has 9 heteroatoms. The number of amides is 3. The number of hydrogen-bond donors (Lipinski definition) is 1. The third kappa shape index (κ3) is 6.11. The fourth-order valence-corrected chi connectivity index (χ4v) is 7.02. The lowest BCUT2D eigenvalue weighted by Crippen LogP contribution is -2.43. The number of anilines is 1. The van der Waals surface area contributed by atoms with Crippen LogP contribution in [0, 0.1) is 13.8 Å². The van der Waals surface area contributed by atoms with Gasteiger partial charge >= 0.3 is 6.09 Å². The van der Waals surface area contributed by atoms with Crippen molar-refractivity contribution in [1.29, 1.82) is 0 Å². The Morgan fingerprint density at radius 2 is 1.52 bits per heavy atom. The first-order valence-corrected chi connectivity index (χ1v) is 16.9. The molecule has 0 saturated carbocycles. The molecule has 254 valence electrons. The van der Waals surface area contributed by atoms with E-state index in [-0.39, 0.29) is 23.6 Å². The Kier molecular flexibility index (Phi) is 8.65. The van der Waals surface area contributed by atoms with Crippen LogP contribution < -0.4 is 9.64 Å². The van der Waals surface area contributed by atoms with Crippen LogP contribution in [0.5, 0.6) is 11.5 Å². The lowest BCUT2D eigenvalue weighted by molar-refractivity contribution is 0.0658. The predicted octanol–water partition coefficient (Wildman–Crippen LogP) is 7.22. The highest BCUT2D eigenvalue weighted by molar-refractivity contribution is 6.07. The van der Waals surface area contributed by atoms with Crippen LogP contribution in [0.3, 0.4) is 0 Å². The molecule has 0 spiro atoms. The van der Waals surface area contributed by atoms with Crippen LogP contribution in [0.2, 0.25) is 0 Å². The van der Waals surface area contributed by atoms with Crippen LogP contribution in [0.1, 0.15) is 61.2 Å². The monoisotopic (exact) mass is 668 g/mol. The van der Waals surface area contributed by atoms with Crippen molar-refractivity contribution in [3.63, 3.8) is 0 Å². The highest BCUT2D eigenvalue weighted by atomic mass is 16.6. The van der Waals surface area contributed by atoms with Gasteiger partial charge in [0.05, 0.1) is 16.8 Å². The zero-order valence-electron chi connectivity index (χ0n) is 28.7. The summed E-state index contributed by atoms with van der Waals surface area (Å²) in [6, 6.07) is 27.7. The molecule has 50 heavy (non-hydrogen) atoms. The van der Waals surface area contributed by atoms with E-state index in [1.807, 2.05) is 65.9 Å². The van der Waals surface area contributed by atoms with E-state index in [0.29, 0.717) is 54.3 Å². The summed E-state index contributed by atoms with van der Waals surface area (Å²) in [6.45, 7) is 7.23. The lowest BCUT2D eigenvalue weighted by Gasteiger charge is -2.36. The zero-order valence-corrected chi connectivity index (χ0v) is 28.7. The summed E-state index contributed by atoms with van der Waals surface area (Å²) in [4.78, 5) is 46.9. The molecule has 0 saturated heterocycles. The maximum Gasteiger partial charge on any atom is 0.415 e. The van der Waals surface area contributed by atoms with Gasteiger partial charge in [-0.2, -0.15) is 0 Å². The van der Waals surface area contributed by atoms with Crippen LogP contribution in [0.15, 0.2) is 97.2 Å². The van der Waals surface area contributed by atoms with Crippen LogP contribution in [-0.2, 0) is 25.9 Å². The summed E-state index contributed by atoms with van der Waals surface area (Å²) >= 11 is 0. The van der Waals surface area contributed by atoms with Gasteiger partial charge in [-0.15, -0.1) is 0 Å². The average Bonchev–Trinajstić information content (AvgIpc) is 3.43. The van der Waals surface area contributed by atoms with Crippen LogP contribution in [-0.4, -0.2) is 57.0 Å². The van der Waals surface area contributed by atoms with E-state index in [1.165, 1.54) is 5.56 Å². The van der Waals surface area contributed by atoms with E-state index in [1.54, 1.807) is 53.2 Å². The van der Waals surface area contributed by atoms with Gasteiger partial charge in [0.2, 0.25) is 0 Å². The molecule has 9 nitrogen and oxygen atoms in total. The van der Waals surface area contributed by atoms with Gasteiger partial charge < -0.3 is 29.1 Å². The number of aromatic hydroxyl groups is 1. The third-order valence-corrected chi connectivity index (χ3v) is 10.1. The Morgan fingerprint density at radius 3 is 2.26 bits per heavy atom. The fourth-order valence-electron chi connectivity index (χ4n) is 7.02. The number of rotatable bonds is 5. The van der Waals surface area contributed by atoms with Crippen LogP contribution in [0.4, 0.5) is 10.5 Å². The Hall–Kier alpha value is -5.83. The molecule has 0 unspecified atom stereocenters. The quantitative estimate of drug-likeness (QED) is 0.214. The number of hydrogen-bond acceptors (Lipinski definition) is 5. The Labute approximate surface area is 291 Å². The molecule has 2 aliphatic rings. The van der Waals surface area contributed by atoms with E-state index >= 15 is 0 Å². The van der Waals surface area contributed by atoms with Gasteiger partial charge in [-0.05, 0) is 110 Å². The van der Waals surface area contributed by atoms with E-state index in [4.69, 9.17) is 4.74 Å². The number of benzene rings is 4. The number of aromatic nitrogens is 1. The van der Waals surface area contributed by atoms with E-state index < -0.39 is 6.09 Å². The molecule has 5 aromatic rings. The molecule has 4 aromatic carbocycles. The van der Waals surface area contributed by atoms with Gasteiger partial charge in [0.15, 0.2) is 0 Å². The first-order chi connectivity index (χ1) is 24.1.